The number of ether oxygens (including phenoxy) is 10. The number of aliphatic hydroxyl groups is 18. The molecule has 34 nitrogen and oxygen atoms in total. The number of hydrogen-bond donors (Lipinski definition) is 21. The first-order valence-electron chi connectivity index (χ1n) is 24.0. The Labute approximate surface area is 431 Å². The first-order chi connectivity index (χ1) is 35.9. The lowest BCUT2D eigenvalue weighted by molar-refractivity contribution is -0.370. The molecule has 0 aromatic carbocycles. The van der Waals surface area contributed by atoms with Gasteiger partial charge in [0.1, 0.15) is 140 Å². The fraction of sp³-hybridized carbons (Fsp3) is 0.929. The van der Waals surface area contributed by atoms with Gasteiger partial charge in [-0.2, -0.15) is 0 Å². The highest BCUT2D eigenvalue weighted by Gasteiger charge is 2.56. The predicted octanol–water partition coefficient (Wildman–Crippen LogP) is -14.0. The Morgan fingerprint density at radius 2 is 0.868 bits per heavy atom. The second kappa shape index (κ2) is 28.6. The van der Waals surface area contributed by atoms with Crippen molar-refractivity contribution in [2.45, 2.75) is 199 Å². The van der Waals surface area contributed by atoms with E-state index in [0.29, 0.717) is 0 Å². The zero-order chi connectivity index (χ0) is 56.6. The van der Waals surface area contributed by atoms with Gasteiger partial charge in [-0.25, -0.2) is 0 Å². The van der Waals surface area contributed by atoms with E-state index in [1.54, 1.807) is 0 Å². The average Bonchev–Trinajstić information content (AvgIpc) is 3.39. The molecule has 442 valence electrons. The number of carbonyl (C=O) groups excluding carboxylic acids is 3. The zero-order valence-electron chi connectivity index (χ0n) is 41.0. The summed E-state index contributed by atoms with van der Waals surface area (Å²) in [4.78, 5) is 37.3. The SMILES string of the molecule is CC(=O)NC(CO)C(OC1OC(CO)C(O)C(OC2OC(CO)C(O)C(OC3OC(CO)C(O)C(O)C3O)C2NC(C)=O)C1O)C(O)C(O)COC1OC(CO)C(OC2OC(CO)C(O)C(O)C2O)C(O)C1NC(C)=O. The number of carbonyl (C=O) groups is 3. The van der Waals surface area contributed by atoms with Crippen molar-refractivity contribution in [2.75, 3.05) is 46.2 Å². The molecule has 5 aliphatic rings. The van der Waals surface area contributed by atoms with Gasteiger partial charge in [-0.3, -0.25) is 14.4 Å². The van der Waals surface area contributed by atoms with E-state index in [1.807, 2.05) is 0 Å². The third-order valence-corrected chi connectivity index (χ3v) is 13.3. The molecule has 21 N–H and O–H groups in total. The fourth-order valence-electron chi connectivity index (χ4n) is 9.22. The summed E-state index contributed by atoms with van der Waals surface area (Å²) in [7, 11) is 0. The van der Waals surface area contributed by atoms with Crippen molar-refractivity contribution in [3.8, 4) is 0 Å². The van der Waals surface area contributed by atoms with E-state index in [1.165, 1.54) is 0 Å². The Morgan fingerprint density at radius 3 is 1.34 bits per heavy atom. The van der Waals surface area contributed by atoms with E-state index >= 15 is 0 Å². The molecule has 0 aromatic rings. The van der Waals surface area contributed by atoms with Gasteiger partial charge in [-0.1, -0.05) is 0 Å². The molecule has 0 bridgehead atoms. The molecule has 3 amide bonds. The van der Waals surface area contributed by atoms with Gasteiger partial charge in [0.25, 0.3) is 0 Å². The Hall–Kier alpha value is -2.71. The molecule has 0 aliphatic carbocycles. The molecule has 5 saturated heterocycles. The summed E-state index contributed by atoms with van der Waals surface area (Å²) in [6, 6.07) is -5.13. The van der Waals surface area contributed by atoms with Crippen LogP contribution in [0.25, 0.3) is 0 Å². The minimum absolute atomic E-state index is 0.808. The number of rotatable bonds is 23. The van der Waals surface area contributed by atoms with E-state index in [2.05, 4.69) is 16.0 Å². The molecule has 0 spiro atoms. The van der Waals surface area contributed by atoms with Crippen LogP contribution in [0.2, 0.25) is 0 Å². The summed E-state index contributed by atoms with van der Waals surface area (Å²) in [5.74, 6) is -2.51. The van der Waals surface area contributed by atoms with Gasteiger partial charge in [0, 0.05) is 20.8 Å². The van der Waals surface area contributed by atoms with Gasteiger partial charge in [0.05, 0.1) is 52.3 Å². The average molecular weight is 1120 g/mol. The lowest BCUT2D eigenvalue weighted by Gasteiger charge is -2.49. The highest BCUT2D eigenvalue weighted by molar-refractivity contribution is 5.74. The van der Waals surface area contributed by atoms with Crippen molar-refractivity contribution in [1.82, 2.24) is 16.0 Å². The minimum Gasteiger partial charge on any atom is -0.394 e. The third kappa shape index (κ3) is 14.8. The molecule has 76 heavy (non-hydrogen) atoms. The fourth-order valence-corrected chi connectivity index (χ4v) is 9.22. The molecule has 5 aliphatic heterocycles. The Balaban J connectivity index is 1.38. The van der Waals surface area contributed by atoms with E-state index in [-0.39, 0.29) is 0 Å². The number of hydrogen-bond acceptors (Lipinski definition) is 31. The second-order valence-corrected chi connectivity index (χ2v) is 18.8. The van der Waals surface area contributed by atoms with Gasteiger partial charge >= 0.3 is 0 Å². The van der Waals surface area contributed by atoms with Crippen LogP contribution in [0, 0.1) is 0 Å². The van der Waals surface area contributed by atoms with Crippen LogP contribution in [0.5, 0.6) is 0 Å². The van der Waals surface area contributed by atoms with Crippen molar-refractivity contribution in [3.05, 3.63) is 0 Å². The minimum atomic E-state index is -2.33. The lowest BCUT2D eigenvalue weighted by atomic mass is 9.94. The molecule has 29 atom stereocenters. The molecule has 0 saturated carbocycles. The van der Waals surface area contributed by atoms with Crippen molar-refractivity contribution in [2.24, 2.45) is 0 Å². The normalized spacial score (nSPS) is 43.8. The van der Waals surface area contributed by atoms with E-state index in [4.69, 9.17) is 47.4 Å². The van der Waals surface area contributed by atoms with Crippen LogP contribution in [0.15, 0.2) is 0 Å². The maximum Gasteiger partial charge on any atom is 0.217 e. The monoisotopic (exact) mass is 1120 g/mol. The highest BCUT2D eigenvalue weighted by atomic mass is 16.8. The first-order valence-corrected chi connectivity index (χ1v) is 24.0. The van der Waals surface area contributed by atoms with E-state index in [9.17, 15) is 106 Å². The molecule has 0 aromatic heterocycles. The van der Waals surface area contributed by atoms with Gasteiger partial charge in [0.15, 0.2) is 31.5 Å². The molecular weight excluding hydrogens is 1040 g/mol. The quantitative estimate of drug-likeness (QED) is 0.0452. The molecular formula is C42H73N3O31. The van der Waals surface area contributed by atoms with Gasteiger partial charge in [-0.05, 0) is 0 Å². The summed E-state index contributed by atoms with van der Waals surface area (Å²) in [6.07, 6.45) is -50.0. The standard InChI is InChI=1S/C42H73N3O31/c1-11(52)43-14(4-46)34(23(56)15(55)10-67-38-21(44-12(2)53)28(61)35(20(9-51)72-38)74-40-31(64)29(62)24(57)16(5-47)69-40)73-42-33(66)37(27(60)19(8-50)71-42)76-39-22(45-13(3)54)36(26(59)18(7-49)68-39)75-41-32(65)30(63)25(58)17(6-48)70-41/h14-42,46-51,55-66H,4-10H2,1-3H3,(H,43,52)(H,44,53)(H,45,54). The van der Waals surface area contributed by atoms with Crippen molar-refractivity contribution < 1.29 is 154 Å². The van der Waals surface area contributed by atoms with Crippen LogP contribution in [0.4, 0.5) is 0 Å². The second-order valence-electron chi connectivity index (χ2n) is 18.8. The molecule has 5 rings (SSSR count). The first kappa shape index (κ1) is 64.1. The van der Waals surface area contributed by atoms with E-state index in [0.717, 1.165) is 20.8 Å². The van der Waals surface area contributed by atoms with Crippen LogP contribution in [-0.2, 0) is 61.8 Å². The predicted molar refractivity (Wildman–Crippen MR) is 236 cm³/mol. The molecule has 5 fully saturated rings. The molecule has 5 heterocycles. The summed E-state index contributed by atoms with van der Waals surface area (Å²) < 4.78 is 56.9. The summed E-state index contributed by atoms with van der Waals surface area (Å²) in [5.41, 5.74) is 0. The highest BCUT2D eigenvalue weighted by Crippen LogP contribution is 2.35. The third-order valence-electron chi connectivity index (χ3n) is 13.3. The number of aliphatic hydroxyl groups excluding tert-OH is 18. The summed E-state index contributed by atoms with van der Waals surface area (Å²) in [5, 5.41) is 199. The largest absolute Gasteiger partial charge is 0.394 e. The molecule has 29 unspecified atom stereocenters. The summed E-state index contributed by atoms with van der Waals surface area (Å²) in [6.45, 7) is -3.92. The van der Waals surface area contributed by atoms with Gasteiger partial charge < -0.3 is 155 Å². The smallest absolute Gasteiger partial charge is 0.217 e. The maximum absolute atomic E-state index is 12.6. The van der Waals surface area contributed by atoms with Crippen LogP contribution in [0.1, 0.15) is 20.8 Å². The van der Waals surface area contributed by atoms with Gasteiger partial charge in [-0.15, -0.1) is 0 Å². The van der Waals surface area contributed by atoms with Crippen molar-refractivity contribution >= 4 is 17.7 Å². The Kier molecular flexibility index (Phi) is 24.1. The molecule has 34 heteroatoms. The van der Waals surface area contributed by atoms with Crippen LogP contribution >= 0.6 is 0 Å². The Morgan fingerprint density at radius 1 is 0.447 bits per heavy atom. The lowest BCUT2D eigenvalue weighted by Crippen LogP contribution is -2.70. The van der Waals surface area contributed by atoms with Crippen molar-refractivity contribution in [1.29, 1.82) is 0 Å². The molecule has 0 radical (unpaired) electrons. The Bertz CT molecular complexity index is 1820. The maximum atomic E-state index is 12.6. The van der Waals surface area contributed by atoms with Crippen LogP contribution < -0.4 is 16.0 Å². The summed E-state index contributed by atoms with van der Waals surface area (Å²) >= 11 is 0. The van der Waals surface area contributed by atoms with E-state index < -0.39 is 242 Å². The number of nitrogens with one attached hydrogen (secondary N) is 3. The van der Waals surface area contributed by atoms with Crippen LogP contribution in [-0.4, -0.2) is 334 Å². The van der Waals surface area contributed by atoms with Crippen molar-refractivity contribution in [3.63, 3.8) is 0 Å². The van der Waals surface area contributed by atoms with Gasteiger partial charge in [0.2, 0.25) is 17.7 Å². The van der Waals surface area contributed by atoms with Crippen LogP contribution in [0.3, 0.4) is 0 Å². The topological polar surface area (TPSA) is 544 Å². The number of amides is 3. The zero-order valence-corrected chi connectivity index (χ0v) is 41.0.